The first-order valence-corrected chi connectivity index (χ1v) is 7.28. The second-order valence-corrected chi connectivity index (χ2v) is 5.48. The molecule has 1 amide bonds. The van der Waals surface area contributed by atoms with Crippen molar-refractivity contribution in [3.05, 3.63) is 53.0 Å². The Balaban J connectivity index is 1.71. The minimum atomic E-state index is -0.160. The Bertz CT molecular complexity index is 694. The van der Waals surface area contributed by atoms with Crippen LogP contribution < -0.4 is 5.56 Å². The van der Waals surface area contributed by atoms with Crippen LogP contribution in [0.15, 0.2) is 41.6 Å². The van der Waals surface area contributed by atoms with E-state index >= 15 is 0 Å². The first-order valence-electron chi connectivity index (χ1n) is 7.28. The molecule has 1 saturated heterocycles. The van der Waals surface area contributed by atoms with Crippen molar-refractivity contribution in [3.8, 4) is 0 Å². The van der Waals surface area contributed by atoms with Gasteiger partial charge < -0.3 is 14.5 Å². The number of amides is 1. The molecule has 1 fully saturated rings. The maximum Gasteiger partial charge on any atom is 0.250 e. The highest BCUT2D eigenvalue weighted by Gasteiger charge is 2.29. The smallest absolute Gasteiger partial charge is 0.250 e. The number of carbonyl (C=O) groups is 1. The van der Waals surface area contributed by atoms with Crippen molar-refractivity contribution >= 4 is 5.91 Å². The summed E-state index contributed by atoms with van der Waals surface area (Å²) >= 11 is 0. The van der Waals surface area contributed by atoms with Crippen molar-refractivity contribution in [2.45, 2.75) is 12.6 Å². The number of nitrogens with zero attached hydrogens (tertiary/aromatic N) is 4. The van der Waals surface area contributed by atoms with E-state index in [-0.39, 0.29) is 24.1 Å². The van der Waals surface area contributed by atoms with E-state index in [1.54, 1.807) is 35.6 Å². The van der Waals surface area contributed by atoms with Crippen LogP contribution >= 0.6 is 0 Å². The molecule has 7 heteroatoms. The summed E-state index contributed by atoms with van der Waals surface area (Å²) in [7, 11) is 2.02. The van der Waals surface area contributed by atoms with E-state index in [4.69, 9.17) is 0 Å². The lowest BCUT2D eigenvalue weighted by molar-refractivity contribution is -0.134. The van der Waals surface area contributed by atoms with E-state index in [0.29, 0.717) is 13.1 Å². The summed E-state index contributed by atoms with van der Waals surface area (Å²) < 4.78 is 1.43. The van der Waals surface area contributed by atoms with Crippen molar-refractivity contribution < 1.29 is 4.79 Å². The number of aromatic nitrogens is 3. The molecule has 3 rings (SSSR count). The van der Waals surface area contributed by atoms with Crippen LogP contribution in [0.25, 0.3) is 0 Å². The molecular formula is C15H19N5O2. The van der Waals surface area contributed by atoms with Gasteiger partial charge in [-0.3, -0.25) is 14.5 Å². The number of piperazine rings is 1. The first-order chi connectivity index (χ1) is 10.6. The van der Waals surface area contributed by atoms with Crippen molar-refractivity contribution in [2.75, 3.05) is 26.7 Å². The second-order valence-electron chi connectivity index (χ2n) is 5.48. The number of imidazole rings is 1. The Labute approximate surface area is 128 Å². The third kappa shape index (κ3) is 2.94. The second kappa shape index (κ2) is 6.15. The molecule has 1 aliphatic rings. The monoisotopic (exact) mass is 301 g/mol. The molecule has 3 heterocycles. The van der Waals surface area contributed by atoms with Crippen LogP contribution in [0.1, 0.15) is 11.9 Å². The van der Waals surface area contributed by atoms with Crippen LogP contribution in [0.4, 0.5) is 0 Å². The molecule has 116 valence electrons. The number of nitrogens with one attached hydrogen (secondary N) is 1. The highest BCUT2D eigenvalue weighted by atomic mass is 16.2. The van der Waals surface area contributed by atoms with Crippen LogP contribution in [-0.2, 0) is 11.3 Å². The van der Waals surface area contributed by atoms with E-state index in [9.17, 15) is 9.59 Å². The van der Waals surface area contributed by atoms with Gasteiger partial charge in [0.05, 0.1) is 6.04 Å². The third-order valence-corrected chi connectivity index (χ3v) is 4.04. The van der Waals surface area contributed by atoms with E-state index in [1.165, 1.54) is 10.6 Å². The van der Waals surface area contributed by atoms with Gasteiger partial charge in [-0.25, -0.2) is 4.98 Å². The molecule has 1 unspecified atom stereocenters. The lowest BCUT2D eigenvalue weighted by atomic mass is 10.1. The molecule has 0 saturated carbocycles. The molecule has 0 bridgehead atoms. The fourth-order valence-electron chi connectivity index (χ4n) is 2.69. The Morgan fingerprint density at radius 2 is 2.27 bits per heavy atom. The van der Waals surface area contributed by atoms with Gasteiger partial charge in [-0.2, -0.15) is 0 Å². The number of carbonyl (C=O) groups excluding carboxylic acids is 1. The predicted octanol–water partition coefficient (Wildman–Crippen LogP) is 0.0867. The molecule has 1 aliphatic heterocycles. The molecule has 0 radical (unpaired) electrons. The van der Waals surface area contributed by atoms with Gasteiger partial charge >= 0.3 is 0 Å². The summed E-state index contributed by atoms with van der Waals surface area (Å²) in [6.45, 7) is 2.09. The van der Waals surface area contributed by atoms with Gasteiger partial charge in [-0.05, 0) is 13.1 Å². The fraction of sp³-hybridized carbons (Fsp3) is 0.400. The van der Waals surface area contributed by atoms with Gasteiger partial charge in [0.1, 0.15) is 12.4 Å². The Morgan fingerprint density at radius 1 is 1.41 bits per heavy atom. The molecule has 1 N–H and O–H groups in total. The van der Waals surface area contributed by atoms with E-state index in [0.717, 1.165) is 12.4 Å². The molecule has 2 aromatic rings. The number of rotatable bonds is 3. The highest BCUT2D eigenvalue weighted by Crippen LogP contribution is 2.21. The molecule has 0 spiro atoms. The van der Waals surface area contributed by atoms with Crippen LogP contribution in [0, 0.1) is 0 Å². The summed E-state index contributed by atoms with van der Waals surface area (Å²) in [5.41, 5.74) is -0.160. The number of aromatic amines is 1. The molecule has 2 aromatic heterocycles. The Kier molecular flexibility index (Phi) is 4.06. The van der Waals surface area contributed by atoms with Crippen LogP contribution in [-0.4, -0.2) is 56.9 Å². The number of hydrogen-bond acceptors (Lipinski definition) is 4. The first kappa shape index (κ1) is 14.5. The largest absolute Gasteiger partial charge is 0.347 e. The topological polar surface area (TPSA) is 74.2 Å². The number of pyridine rings is 1. The van der Waals surface area contributed by atoms with E-state index in [1.807, 2.05) is 7.05 Å². The highest BCUT2D eigenvalue weighted by molar-refractivity contribution is 5.76. The van der Waals surface area contributed by atoms with Gasteiger partial charge in [-0.15, -0.1) is 0 Å². The fourth-order valence-corrected chi connectivity index (χ4v) is 2.69. The van der Waals surface area contributed by atoms with Gasteiger partial charge in [0.25, 0.3) is 5.56 Å². The zero-order valence-electron chi connectivity index (χ0n) is 12.5. The third-order valence-electron chi connectivity index (χ3n) is 4.04. The number of H-pyrrole nitrogens is 1. The van der Waals surface area contributed by atoms with Crippen molar-refractivity contribution in [2.24, 2.45) is 0 Å². The van der Waals surface area contributed by atoms with Crippen LogP contribution in [0.5, 0.6) is 0 Å². The van der Waals surface area contributed by atoms with Crippen molar-refractivity contribution in [1.82, 2.24) is 24.3 Å². The summed E-state index contributed by atoms with van der Waals surface area (Å²) in [4.78, 5) is 35.5. The summed E-state index contributed by atoms with van der Waals surface area (Å²) in [5, 5.41) is 0. The van der Waals surface area contributed by atoms with Crippen LogP contribution in [0.3, 0.4) is 0 Å². The maximum absolute atomic E-state index is 12.5. The number of likely N-dealkylation sites (N-methyl/N-ethyl adjacent to an activating group) is 1. The van der Waals surface area contributed by atoms with E-state index < -0.39 is 0 Å². The number of hydrogen-bond donors (Lipinski definition) is 1. The van der Waals surface area contributed by atoms with Gasteiger partial charge in [-0.1, -0.05) is 6.07 Å². The Morgan fingerprint density at radius 3 is 3.00 bits per heavy atom. The summed E-state index contributed by atoms with van der Waals surface area (Å²) in [6.07, 6.45) is 5.14. The maximum atomic E-state index is 12.5. The van der Waals surface area contributed by atoms with Gasteiger partial charge in [0, 0.05) is 44.3 Å². The summed E-state index contributed by atoms with van der Waals surface area (Å²) in [6, 6.07) is 4.94. The lowest BCUT2D eigenvalue weighted by Gasteiger charge is -2.38. The molecule has 7 nitrogen and oxygen atoms in total. The SMILES string of the molecule is CN1CCN(C(=O)Cn2ccccc2=O)CC1c1ncc[nH]1. The molecule has 0 aliphatic carbocycles. The molecular weight excluding hydrogens is 282 g/mol. The molecule has 1 atom stereocenters. The van der Waals surface area contributed by atoms with Crippen molar-refractivity contribution in [3.63, 3.8) is 0 Å². The van der Waals surface area contributed by atoms with E-state index in [2.05, 4.69) is 14.9 Å². The minimum Gasteiger partial charge on any atom is -0.347 e. The zero-order chi connectivity index (χ0) is 15.5. The van der Waals surface area contributed by atoms with Gasteiger partial charge in [0.15, 0.2) is 0 Å². The standard InChI is InChI=1S/C15H19N5O2/c1-18-8-9-20(10-12(18)15-16-5-6-17-15)14(22)11-19-7-3-2-4-13(19)21/h2-7,12H,8-11H2,1H3,(H,16,17). The van der Waals surface area contributed by atoms with Gasteiger partial charge in [0.2, 0.25) is 5.91 Å². The molecule has 22 heavy (non-hydrogen) atoms. The Hall–Kier alpha value is -2.41. The average Bonchev–Trinajstić information content (AvgIpc) is 3.04. The minimum absolute atomic E-state index is 0.0436. The van der Waals surface area contributed by atoms with Crippen molar-refractivity contribution in [1.29, 1.82) is 0 Å². The zero-order valence-corrected chi connectivity index (χ0v) is 12.5. The lowest BCUT2D eigenvalue weighted by Crippen LogP contribution is -2.50. The quantitative estimate of drug-likeness (QED) is 0.872. The average molecular weight is 301 g/mol. The predicted molar refractivity (Wildman–Crippen MR) is 81.2 cm³/mol. The molecule has 0 aromatic carbocycles. The summed E-state index contributed by atoms with van der Waals surface area (Å²) in [5.74, 6) is 0.815. The van der Waals surface area contributed by atoms with Crippen LogP contribution in [0.2, 0.25) is 0 Å². The normalized spacial score (nSPS) is 19.3.